The van der Waals surface area contributed by atoms with Crippen LogP contribution in [0.2, 0.25) is 0 Å². The zero-order valence-corrected chi connectivity index (χ0v) is 10.2. The minimum absolute atomic E-state index is 0.764. The van der Waals surface area contributed by atoms with Crippen LogP contribution in [-0.4, -0.2) is 23.0 Å². The van der Waals surface area contributed by atoms with Gasteiger partial charge in [0.1, 0.15) is 0 Å². The maximum absolute atomic E-state index is 2.79. The van der Waals surface area contributed by atoms with E-state index in [4.69, 9.17) is 0 Å². The zero-order valence-electron chi connectivity index (χ0n) is 10.2. The molecule has 2 saturated heterocycles. The van der Waals surface area contributed by atoms with Crippen molar-refractivity contribution in [3.63, 3.8) is 0 Å². The summed E-state index contributed by atoms with van der Waals surface area (Å²) in [4.78, 5) is 2.79. The van der Waals surface area contributed by atoms with E-state index in [1.807, 2.05) is 0 Å². The Morgan fingerprint density at radius 2 is 1.43 bits per heavy atom. The lowest BCUT2D eigenvalue weighted by molar-refractivity contribution is 0.0588. The van der Waals surface area contributed by atoms with Crippen molar-refractivity contribution in [2.24, 2.45) is 11.8 Å². The van der Waals surface area contributed by atoms with Gasteiger partial charge in [0, 0.05) is 18.1 Å². The van der Waals surface area contributed by atoms with Gasteiger partial charge in [0.05, 0.1) is 0 Å². The highest BCUT2D eigenvalue weighted by atomic mass is 15.2. The van der Waals surface area contributed by atoms with Crippen molar-refractivity contribution >= 4 is 0 Å². The fourth-order valence-electron chi connectivity index (χ4n) is 3.64. The number of hydrogen-bond acceptors (Lipinski definition) is 1. The second-order valence-electron chi connectivity index (χ2n) is 5.90. The summed E-state index contributed by atoms with van der Waals surface area (Å²) >= 11 is 0. The number of nitrogens with zero attached hydrogens (tertiary/aromatic N) is 1. The molecule has 3 atom stereocenters. The van der Waals surface area contributed by atoms with Crippen LogP contribution in [0.25, 0.3) is 0 Å². The third-order valence-electron chi connectivity index (χ3n) is 4.37. The van der Waals surface area contributed by atoms with Gasteiger partial charge in [-0.1, -0.05) is 13.8 Å². The monoisotopic (exact) mass is 195 g/mol. The normalized spacial score (nSPS) is 38.6. The standard InChI is InChI=1S/C13H25N/c1-9(2)11-7-12-5-6-13(8-11)14(12)10(3)4/h9-13H,5-8H2,1-4H3/t11-,12+,13-. The predicted octanol–water partition coefficient (Wildman–Crippen LogP) is 3.29. The summed E-state index contributed by atoms with van der Waals surface area (Å²) in [6.45, 7) is 9.52. The minimum Gasteiger partial charge on any atom is -0.295 e. The summed E-state index contributed by atoms with van der Waals surface area (Å²) in [5.41, 5.74) is 0. The van der Waals surface area contributed by atoms with Gasteiger partial charge >= 0.3 is 0 Å². The molecule has 0 saturated carbocycles. The van der Waals surface area contributed by atoms with Gasteiger partial charge in [0.2, 0.25) is 0 Å². The lowest BCUT2D eigenvalue weighted by atomic mass is 9.82. The van der Waals surface area contributed by atoms with Gasteiger partial charge in [-0.15, -0.1) is 0 Å². The van der Waals surface area contributed by atoms with Gasteiger partial charge in [0.15, 0.2) is 0 Å². The molecule has 0 amide bonds. The molecule has 0 unspecified atom stereocenters. The van der Waals surface area contributed by atoms with Gasteiger partial charge in [-0.05, 0) is 51.4 Å². The van der Waals surface area contributed by atoms with E-state index in [0.29, 0.717) is 0 Å². The summed E-state index contributed by atoms with van der Waals surface area (Å²) in [5, 5.41) is 0. The van der Waals surface area contributed by atoms with Gasteiger partial charge in [0.25, 0.3) is 0 Å². The van der Waals surface area contributed by atoms with Crippen molar-refractivity contribution in [3.05, 3.63) is 0 Å². The van der Waals surface area contributed by atoms with Crippen LogP contribution >= 0.6 is 0 Å². The Labute approximate surface area is 88.9 Å². The molecule has 0 radical (unpaired) electrons. The Hall–Kier alpha value is -0.0400. The van der Waals surface area contributed by atoms with Crippen LogP contribution in [0.5, 0.6) is 0 Å². The molecule has 0 spiro atoms. The van der Waals surface area contributed by atoms with E-state index >= 15 is 0 Å². The molecule has 2 heterocycles. The van der Waals surface area contributed by atoms with E-state index < -0.39 is 0 Å². The van der Waals surface area contributed by atoms with Crippen LogP contribution in [0.15, 0.2) is 0 Å². The van der Waals surface area contributed by atoms with Crippen molar-refractivity contribution in [3.8, 4) is 0 Å². The van der Waals surface area contributed by atoms with Gasteiger partial charge in [-0.3, -0.25) is 4.90 Å². The second kappa shape index (κ2) is 3.84. The van der Waals surface area contributed by atoms with Gasteiger partial charge in [-0.2, -0.15) is 0 Å². The fraction of sp³-hybridized carbons (Fsp3) is 1.00. The molecule has 2 aliphatic rings. The van der Waals surface area contributed by atoms with E-state index in [-0.39, 0.29) is 0 Å². The first kappa shape index (κ1) is 10.5. The summed E-state index contributed by atoms with van der Waals surface area (Å²) in [7, 11) is 0. The summed E-state index contributed by atoms with van der Waals surface area (Å²) in [6.07, 6.45) is 5.86. The molecule has 1 heteroatoms. The lowest BCUT2D eigenvalue weighted by Gasteiger charge is -2.42. The Bertz CT molecular complexity index is 183. The van der Waals surface area contributed by atoms with E-state index in [0.717, 1.165) is 30.0 Å². The van der Waals surface area contributed by atoms with Crippen LogP contribution in [0.1, 0.15) is 53.4 Å². The first-order valence-electron chi connectivity index (χ1n) is 6.37. The van der Waals surface area contributed by atoms with E-state index in [2.05, 4.69) is 32.6 Å². The molecule has 1 nitrogen and oxygen atoms in total. The highest BCUT2D eigenvalue weighted by Crippen LogP contribution is 2.42. The predicted molar refractivity (Wildman–Crippen MR) is 61.3 cm³/mol. The van der Waals surface area contributed by atoms with Crippen molar-refractivity contribution in [1.29, 1.82) is 0 Å². The molecule has 0 aromatic carbocycles. The van der Waals surface area contributed by atoms with Crippen LogP contribution in [0, 0.1) is 11.8 Å². The van der Waals surface area contributed by atoms with Crippen LogP contribution in [0.4, 0.5) is 0 Å². The van der Waals surface area contributed by atoms with Crippen LogP contribution < -0.4 is 0 Å². The van der Waals surface area contributed by atoms with Crippen molar-refractivity contribution in [2.75, 3.05) is 0 Å². The average Bonchev–Trinajstić information content (AvgIpc) is 2.37. The molecule has 0 aromatic heterocycles. The Morgan fingerprint density at radius 3 is 1.79 bits per heavy atom. The van der Waals surface area contributed by atoms with Crippen molar-refractivity contribution < 1.29 is 0 Å². The molecular formula is C13H25N. The Kier molecular flexibility index (Phi) is 2.88. The number of fused-ring (bicyclic) bond motifs is 2. The van der Waals surface area contributed by atoms with Gasteiger partial charge < -0.3 is 0 Å². The van der Waals surface area contributed by atoms with Gasteiger partial charge in [-0.25, -0.2) is 0 Å². The molecule has 14 heavy (non-hydrogen) atoms. The molecule has 2 aliphatic heterocycles. The second-order valence-corrected chi connectivity index (χ2v) is 5.90. The highest BCUT2D eigenvalue weighted by molar-refractivity contribution is 4.96. The molecule has 2 fully saturated rings. The quantitative estimate of drug-likeness (QED) is 0.653. The summed E-state index contributed by atoms with van der Waals surface area (Å²) in [5.74, 6) is 1.90. The van der Waals surface area contributed by atoms with E-state index in [1.165, 1.54) is 25.7 Å². The van der Waals surface area contributed by atoms with Crippen molar-refractivity contribution in [2.45, 2.75) is 71.5 Å². The Morgan fingerprint density at radius 1 is 0.929 bits per heavy atom. The van der Waals surface area contributed by atoms with Crippen molar-refractivity contribution in [1.82, 2.24) is 4.90 Å². The Balaban J connectivity index is 2.05. The number of piperidine rings is 1. The number of hydrogen-bond donors (Lipinski definition) is 0. The first-order chi connectivity index (χ1) is 6.59. The third-order valence-corrected chi connectivity index (χ3v) is 4.37. The molecule has 2 rings (SSSR count). The molecule has 0 aliphatic carbocycles. The average molecular weight is 195 g/mol. The molecular weight excluding hydrogens is 170 g/mol. The maximum atomic E-state index is 2.79. The maximum Gasteiger partial charge on any atom is 0.0104 e. The smallest absolute Gasteiger partial charge is 0.0104 e. The van der Waals surface area contributed by atoms with E-state index in [1.54, 1.807) is 0 Å². The molecule has 0 aromatic rings. The summed E-state index contributed by atoms with van der Waals surface area (Å²) < 4.78 is 0. The highest BCUT2D eigenvalue weighted by Gasteiger charge is 2.42. The molecule has 0 N–H and O–H groups in total. The van der Waals surface area contributed by atoms with Crippen LogP contribution in [-0.2, 0) is 0 Å². The topological polar surface area (TPSA) is 3.24 Å². The first-order valence-corrected chi connectivity index (χ1v) is 6.37. The molecule has 2 bridgehead atoms. The fourth-order valence-corrected chi connectivity index (χ4v) is 3.64. The molecule has 82 valence electrons. The zero-order chi connectivity index (χ0) is 10.3. The van der Waals surface area contributed by atoms with Crippen LogP contribution in [0.3, 0.4) is 0 Å². The summed E-state index contributed by atoms with van der Waals surface area (Å²) in [6, 6.07) is 2.60. The minimum atomic E-state index is 0.764. The largest absolute Gasteiger partial charge is 0.295 e. The van der Waals surface area contributed by atoms with E-state index in [9.17, 15) is 0 Å². The number of rotatable bonds is 2. The third kappa shape index (κ3) is 1.71. The lowest BCUT2D eigenvalue weighted by Crippen LogP contribution is -2.47. The SMILES string of the molecule is CC(C)[C@H]1C[C@H]2CC[C@@H](C1)N2C(C)C.